The Balaban J connectivity index is 1.44. The van der Waals surface area contributed by atoms with E-state index in [1.165, 1.54) is 4.57 Å². The third-order valence-corrected chi connectivity index (χ3v) is 7.34. The van der Waals surface area contributed by atoms with Crippen molar-refractivity contribution in [2.75, 3.05) is 25.5 Å². The molecule has 2 bridgehead atoms. The van der Waals surface area contributed by atoms with Gasteiger partial charge in [0.25, 0.3) is 5.56 Å². The van der Waals surface area contributed by atoms with Gasteiger partial charge in [0.15, 0.2) is 0 Å². The second-order valence-electron chi connectivity index (χ2n) is 9.45. The molecule has 2 aliphatic rings. The third-order valence-electron chi connectivity index (χ3n) is 7.03. The molecule has 2 N–H and O–H groups in total. The van der Waals surface area contributed by atoms with E-state index < -0.39 is 0 Å². The number of aryl methyl sites for hydroxylation is 1. The van der Waals surface area contributed by atoms with E-state index in [9.17, 15) is 9.59 Å². The summed E-state index contributed by atoms with van der Waals surface area (Å²) < 4.78 is 1.44. The highest BCUT2D eigenvalue weighted by Crippen LogP contribution is 2.32. The molecular weight excluding hydrogens is 492 g/mol. The zero-order chi connectivity index (χ0) is 25.7. The molecule has 11 heteroatoms. The summed E-state index contributed by atoms with van der Waals surface area (Å²) in [4.78, 5) is 46.6. The lowest BCUT2D eigenvalue weighted by Crippen LogP contribution is -2.48. The molecule has 6 rings (SSSR count). The van der Waals surface area contributed by atoms with Crippen molar-refractivity contribution in [2.24, 2.45) is 0 Å². The number of likely N-dealkylation sites (tertiary alicyclic amines) is 1. The van der Waals surface area contributed by atoms with Gasteiger partial charge < -0.3 is 15.5 Å². The number of aromatic nitrogens is 5. The predicted octanol–water partition coefficient (Wildman–Crippen LogP) is 2.49. The van der Waals surface area contributed by atoms with Crippen molar-refractivity contribution < 1.29 is 4.79 Å². The van der Waals surface area contributed by atoms with E-state index in [-0.39, 0.29) is 24.1 Å². The van der Waals surface area contributed by atoms with Gasteiger partial charge in [-0.15, -0.1) is 0 Å². The van der Waals surface area contributed by atoms with Crippen molar-refractivity contribution in [3.05, 3.63) is 63.9 Å². The minimum atomic E-state index is -0.339. The Morgan fingerprint density at radius 1 is 1.19 bits per heavy atom. The van der Waals surface area contributed by atoms with Crippen LogP contribution in [0.25, 0.3) is 33.4 Å². The summed E-state index contributed by atoms with van der Waals surface area (Å²) >= 11 is 6.71. The normalized spacial score (nSPS) is 18.5. The van der Waals surface area contributed by atoms with Gasteiger partial charge in [0.2, 0.25) is 11.9 Å². The SMILES string of the molecule is CNc1ncc2cc(-c3ccc(-c4cncc(C)n4)cc3Cl)c(=O)n(CC(=O)N3CC4CC3CN4)c2n1. The first-order chi connectivity index (χ1) is 17.9. The second-order valence-corrected chi connectivity index (χ2v) is 9.86. The first kappa shape index (κ1) is 23.5. The first-order valence-electron chi connectivity index (χ1n) is 12.1. The molecule has 4 aromatic rings. The molecule has 0 saturated carbocycles. The van der Waals surface area contributed by atoms with E-state index in [2.05, 4.69) is 30.6 Å². The quantitative estimate of drug-likeness (QED) is 0.415. The summed E-state index contributed by atoms with van der Waals surface area (Å²) in [6.07, 6.45) is 5.94. The smallest absolute Gasteiger partial charge is 0.260 e. The van der Waals surface area contributed by atoms with Gasteiger partial charge in [-0.1, -0.05) is 23.7 Å². The van der Waals surface area contributed by atoms with Crippen molar-refractivity contribution >= 4 is 34.5 Å². The second kappa shape index (κ2) is 9.20. The maximum Gasteiger partial charge on any atom is 0.260 e. The highest BCUT2D eigenvalue weighted by Gasteiger charge is 2.40. The first-order valence-corrected chi connectivity index (χ1v) is 12.5. The molecule has 37 heavy (non-hydrogen) atoms. The molecule has 2 aliphatic heterocycles. The Hall–Kier alpha value is -3.89. The molecule has 10 nitrogen and oxygen atoms in total. The average Bonchev–Trinajstić information content (AvgIpc) is 3.54. The van der Waals surface area contributed by atoms with Gasteiger partial charge >= 0.3 is 0 Å². The maximum atomic E-state index is 13.9. The summed E-state index contributed by atoms with van der Waals surface area (Å²) in [5, 5.41) is 7.34. The molecule has 2 atom stereocenters. The molecule has 2 unspecified atom stereocenters. The number of rotatable bonds is 5. The number of halogens is 1. The van der Waals surface area contributed by atoms with E-state index in [1.54, 1.807) is 43.8 Å². The maximum absolute atomic E-state index is 13.9. The number of hydrogen-bond donors (Lipinski definition) is 2. The summed E-state index contributed by atoms with van der Waals surface area (Å²) in [5.41, 5.74) is 3.26. The number of nitrogens with one attached hydrogen (secondary N) is 2. The summed E-state index contributed by atoms with van der Waals surface area (Å²) in [6, 6.07) is 7.64. The van der Waals surface area contributed by atoms with Crippen molar-refractivity contribution in [1.29, 1.82) is 0 Å². The van der Waals surface area contributed by atoms with Gasteiger partial charge in [-0.05, 0) is 25.5 Å². The fourth-order valence-electron chi connectivity index (χ4n) is 5.21. The molecule has 5 heterocycles. The van der Waals surface area contributed by atoms with Gasteiger partial charge in [0, 0.05) is 71.7 Å². The lowest BCUT2D eigenvalue weighted by atomic mass is 10.0. The number of piperazine rings is 1. The van der Waals surface area contributed by atoms with Gasteiger partial charge in [-0.25, -0.2) is 9.97 Å². The zero-order valence-corrected chi connectivity index (χ0v) is 21.2. The van der Waals surface area contributed by atoms with Crippen LogP contribution in [-0.2, 0) is 11.3 Å². The highest BCUT2D eigenvalue weighted by molar-refractivity contribution is 6.33. The Morgan fingerprint density at radius 2 is 2.05 bits per heavy atom. The molecule has 1 amide bonds. The van der Waals surface area contributed by atoms with Crippen LogP contribution in [0.1, 0.15) is 12.1 Å². The topological polar surface area (TPSA) is 118 Å². The van der Waals surface area contributed by atoms with Crippen molar-refractivity contribution in [3.63, 3.8) is 0 Å². The average molecular weight is 517 g/mol. The molecule has 0 spiro atoms. The van der Waals surface area contributed by atoms with Crippen LogP contribution in [0.4, 0.5) is 5.95 Å². The van der Waals surface area contributed by atoms with Crippen LogP contribution >= 0.6 is 11.6 Å². The predicted molar refractivity (Wildman–Crippen MR) is 141 cm³/mol. The van der Waals surface area contributed by atoms with Crippen LogP contribution in [0, 0.1) is 6.92 Å². The Bertz CT molecular complexity index is 1600. The molecule has 188 valence electrons. The summed E-state index contributed by atoms with van der Waals surface area (Å²) in [6.45, 7) is 3.20. The van der Waals surface area contributed by atoms with Crippen LogP contribution in [0.5, 0.6) is 0 Å². The molecule has 0 aliphatic carbocycles. The monoisotopic (exact) mass is 516 g/mol. The fourth-order valence-corrected chi connectivity index (χ4v) is 5.49. The van der Waals surface area contributed by atoms with Gasteiger partial charge in [0.05, 0.1) is 17.6 Å². The Labute approximate surface area is 217 Å². The van der Waals surface area contributed by atoms with E-state index in [4.69, 9.17) is 11.6 Å². The van der Waals surface area contributed by atoms with Crippen LogP contribution in [-0.4, -0.2) is 67.5 Å². The zero-order valence-electron chi connectivity index (χ0n) is 20.4. The van der Waals surface area contributed by atoms with Crippen LogP contribution in [0.2, 0.25) is 5.02 Å². The lowest BCUT2D eigenvalue weighted by molar-refractivity contribution is -0.133. The van der Waals surface area contributed by atoms with Crippen molar-refractivity contribution in [2.45, 2.75) is 32.0 Å². The molecule has 2 fully saturated rings. The number of carbonyl (C=O) groups is 1. The lowest BCUT2D eigenvalue weighted by Gasteiger charge is -2.28. The highest BCUT2D eigenvalue weighted by atomic mass is 35.5. The Morgan fingerprint density at radius 3 is 2.76 bits per heavy atom. The number of carbonyl (C=O) groups excluding carboxylic acids is 1. The minimum Gasteiger partial charge on any atom is -0.357 e. The minimum absolute atomic E-state index is 0.0985. The van der Waals surface area contributed by atoms with E-state index in [0.29, 0.717) is 51.4 Å². The molecule has 3 aromatic heterocycles. The largest absolute Gasteiger partial charge is 0.357 e. The number of benzene rings is 1. The molecule has 0 radical (unpaired) electrons. The van der Waals surface area contributed by atoms with Crippen LogP contribution in [0.3, 0.4) is 0 Å². The number of pyridine rings is 1. The summed E-state index contributed by atoms with van der Waals surface area (Å²) in [5.74, 6) is 0.269. The fraction of sp³-hybridized carbons (Fsp3) is 0.308. The van der Waals surface area contributed by atoms with Crippen molar-refractivity contribution in [1.82, 2.24) is 34.7 Å². The van der Waals surface area contributed by atoms with E-state index in [0.717, 1.165) is 24.2 Å². The van der Waals surface area contributed by atoms with Gasteiger partial charge in [-0.2, -0.15) is 4.98 Å². The number of anilines is 1. The van der Waals surface area contributed by atoms with Crippen molar-refractivity contribution in [3.8, 4) is 22.4 Å². The third kappa shape index (κ3) is 4.21. The molecular formula is C26H25ClN8O2. The van der Waals surface area contributed by atoms with E-state index >= 15 is 0 Å². The number of fused-ring (bicyclic) bond motifs is 3. The van der Waals surface area contributed by atoms with Gasteiger partial charge in [-0.3, -0.25) is 19.1 Å². The van der Waals surface area contributed by atoms with Gasteiger partial charge in [0.1, 0.15) is 12.2 Å². The Kier molecular flexibility index (Phi) is 5.85. The number of nitrogens with zero attached hydrogens (tertiary/aromatic N) is 6. The number of amides is 1. The van der Waals surface area contributed by atoms with E-state index in [1.807, 2.05) is 17.9 Å². The van der Waals surface area contributed by atoms with Crippen LogP contribution < -0.4 is 16.2 Å². The standard InChI is InChI=1S/C26H25ClN8O2/c1-14-8-29-11-22(32-14)15-3-4-19(21(27)6-15)20-5-16-9-31-26(28-2)33-24(16)35(25(20)37)13-23(36)34-12-17-7-18(34)10-30-17/h3-6,8-9,11,17-18,30H,7,10,12-13H2,1-2H3,(H,28,31,33). The molecule has 1 aromatic carbocycles. The molecule has 2 saturated heterocycles. The number of hydrogen-bond acceptors (Lipinski definition) is 8. The summed E-state index contributed by atoms with van der Waals surface area (Å²) in [7, 11) is 1.71. The van der Waals surface area contributed by atoms with Crippen LogP contribution in [0.15, 0.2) is 47.7 Å².